The van der Waals surface area contributed by atoms with Crippen molar-refractivity contribution in [1.29, 1.82) is 0 Å². The summed E-state index contributed by atoms with van der Waals surface area (Å²) in [4.78, 5) is 12.6. The second kappa shape index (κ2) is 7.90. The Hall–Kier alpha value is -3.35. The van der Waals surface area contributed by atoms with E-state index < -0.39 is 0 Å². The summed E-state index contributed by atoms with van der Waals surface area (Å²) in [5.74, 6) is 0.723. The molecule has 7 heteroatoms. The van der Waals surface area contributed by atoms with E-state index in [1.165, 1.54) is 13.2 Å². The van der Waals surface area contributed by atoms with Gasteiger partial charge in [-0.15, -0.1) is 0 Å². The molecular weight excluding hydrogens is 349 g/mol. The first kappa shape index (κ1) is 18.4. The molecule has 6 nitrogen and oxygen atoms in total. The van der Waals surface area contributed by atoms with Gasteiger partial charge in [-0.2, -0.15) is 5.10 Å². The van der Waals surface area contributed by atoms with Crippen molar-refractivity contribution in [3.8, 4) is 11.5 Å². The number of hydrogen-bond acceptors (Lipinski definition) is 4. The van der Waals surface area contributed by atoms with Gasteiger partial charge in [0.05, 0.1) is 26.3 Å². The van der Waals surface area contributed by atoms with Gasteiger partial charge in [0.2, 0.25) is 0 Å². The van der Waals surface area contributed by atoms with Crippen LogP contribution in [0.1, 0.15) is 21.6 Å². The van der Waals surface area contributed by atoms with E-state index in [0.29, 0.717) is 28.4 Å². The van der Waals surface area contributed by atoms with Crippen molar-refractivity contribution < 1.29 is 18.7 Å². The fourth-order valence-electron chi connectivity index (χ4n) is 2.69. The normalized spacial score (nSPS) is 10.5. The maximum absolute atomic E-state index is 13.9. The van der Waals surface area contributed by atoms with Crippen molar-refractivity contribution in [2.45, 2.75) is 13.5 Å². The van der Waals surface area contributed by atoms with E-state index >= 15 is 0 Å². The zero-order chi connectivity index (χ0) is 19.4. The van der Waals surface area contributed by atoms with Crippen molar-refractivity contribution in [3.63, 3.8) is 0 Å². The Balaban J connectivity index is 1.79. The minimum atomic E-state index is -0.356. The molecule has 0 aliphatic carbocycles. The third kappa shape index (κ3) is 4.08. The van der Waals surface area contributed by atoms with Gasteiger partial charge >= 0.3 is 0 Å². The van der Waals surface area contributed by atoms with Crippen LogP contribution >= 0.6 is 0 Å². The molecule has 3 aromatic rings. The fraction of sp³-hybridized carbons (Fsp3) is 0.200. The first-order valence-corrected chi connectivity index (χ1v) is 8.33. The van der Waals surface area contributed by atoms with E-state index in [9.17, 15) is 9.18 Å². The second-order valence-corrected chi connectivity index (χ2v) is 5.94. The van der Waals surface area contributed by atoms with Crippen LogP contribution in [-0.4, -0.2) is 29.9 Å². The van der Waals surface area contributed by atoms with Crippen molar-refractivity contribution in [1.82, 2.24) is 9.78 Å². The summed E-state index contributed by atoms with van der Waals surface area (Å²) >= 11 is 0. The molecule has 0 aliphatic heterocycles. The largest absolute Gasteiger partial charge is 0.497 e. The van der Waals surface area contributed by atoms with Gasteiger partial charge in [-0.1, -0.05) is 18.2 Å². The van der Waals surface area contributed by atoms with E-state index in [4.69, 9.17) is 9.47 Å². The van der Waals surface area contributed by atoms with E-state index in [-0.39, 0.29) is 18.3 Å². The molecule has 1 amide bonds. The van der Waals surface area contributed by atoms with E-state index in [1.807, 2.05) is 6.92 Å². The Morgan fingerprint density at radius 1 is 1.15 bits per heavy atom. The molecule has 1 N–H and O–H groups in total. The Kier molecular flexibility index (Phi) is 5.40. The number of amides is 1. The average Bonchev–Trinajstić information content (AvgIpc) is 3.01. The van der Waals surface area contributed by atoms with Crippen LogP contribution in [0.25, 0.3) is 0 Å². The molecule has 0 aliphatic rings. The van der Waals surface area contributed by atoms with Gasteiger partial charge in [-0.25, -0.2) is 4.39 Å². The lowest BCUT2D eigenvalue weighted by molar-refractivity contribution is 0.102. The summed E-state index contributed by atoms with van der Waals surface area (Å²) in [6.07, 6.45) is 0. The van der Waals surface area contributed by atoms with Crippen molar-refractivity contribution in [2.75, 3.05) is 19.5 Å². The molecule has 0 fully saturated rings. The number of rotatable bonds is 6. The van der Waals surface area contributed by atoms with Crippen LogP contribution in [0.4, 0.5) is 10.2 Å². The molecule has 0 radical (unpaired) electrons. The van der Waals surface area contributed by atoms with Gasteiger partial charge in [0.25, 0.3) is 5.91 Å². The fourth-order valence-corrected chi connectivity index (χ4v) is 2.69. The first-order chi connectivity index (χ1) is 13.0. The van der Waals surface area contributed by atoms with Gasteiger partial charge in [-0.05, 0) is 25.1 Å². The summed E-state index contributed by atoms with van der Waals surface area (Å²) in [7, 11) is 3.03. The van der Waals surface area contributed by atoms with Gasteiger partial charge in [-0.3, -0.25) is 9.48 Å². The minimum absolute atomic E-state index is 0.278. The number of hydrogen-bond donors (Lipinski definition) is 1. The summed E-state index contributed by atoms with van der Waals surface area (Å²) in [6, 6.07) is 13.2. The number of nitrogens with zero attached hydrogens (tertiary/aromatic N) is 2. The zero-order valence-electron chi connectivity index (χ0n) is 15.3. The highest BCUT2D eigenvalue weighted by molar-refractivity contribution is 6.05. The molecule has 0 bridgehead atoms. The molecule has 0 atom stereocenters. The zero-order valence-corrected chi connectivity index (χ0v) is 15.3. The Labute approximate surface area is 156 Å². The summed E-state index contributed by atoms with van der Waals surface area (Å²) in [6.45, 7) is 2.12. The van der Waals surface area contributed by atoms with E-state index in [2.05, 4.69) is 10.4 Å². The minimum Gasteiger partial charge on any atom is -0.497 e. The highest BCUT2D eigenvalue weighted by Crippen LogP contribution is 2.25. The lowest BCUT2D eigenvalue weighted by atomic mass is 10.1. The monoisotopic (exact) mass is 369 g/mol. The number of carbonyl (C=O) groups excluding carboxylic acids is 1. The predicted octanol–water partition coefficient (Wildman–Crippen LogP) is 3.65. The molecule has 1 heterocycles. The SMILES string of the molecule is COc1ccc(C(=O)Nc2cc(C)n(Cc3ccccc3F)n2)c(OC)c1. The first-order valence-electron chi connectivity index (χ1n) is 8.33. The van der Waals surface area contributed by atoms with Crippen LogP contribution in [0, 0.1) is 12.7 Å². The van der Waals surface area contributed by atoms with Crippen LogP contribution in [0.5, 0.6) is 11.5 Å². The Bertz CT molecular complexity index is 969. The topological polar surface area (TPSA) is 65.4 Å². The number of nitrogens with one attached hydrogen (secondary N) is 1. The number of aromatic nitrogens is 2. The number of carbonyl (C=O) groups is 1. The Morgan fingerprint density at radius 3 is 2.63 bits per heavy atom. The number of aryl methyl sites for hydroxylation is 1. The predicted molar refractivity (Wildman–Crippen MR) is 100.0 cm³/mol. The smallest absolute Gasteiger partial charge is 0.260 e. The maximum Gasteiger partial charge on any atom is 0.260 e. The van der Waals surface area contributed by atoms with Gasteiger partial charge in [0.1, 0.15) is 17.3 Å². The molecule has 0 unspecified atom stereocenters. The van der Waals surface area contributed by atoms with Crippen molar-refractivity contribution in [2.24, 2.45) is 0 Å². The molecule has 0 saturated carbocycles. The van der Waals surface area contributed by atoms with Crippen molar-refractivity contribution in [3.05, 3.63) is 71.2 Å². The highest BCUT2D eigenvalue weighted by atomic mass is 19.1. The van der Waals surface area contributed by atoms with E-state index in [1.54, 1.807) is 54.3 Å². The van der Waals surface area contributed by atoms with Gasteiger partial charge < -0.3 is 14.8 Å². The number of anilines is 1. The second-order valence-electron chi connectivity index (χ2n) is 5.94. The molecule has 0 spiro atoms. The standard InChI is InChI=1S/C20H20FN3O3/c1-13-10-19(23-24(13)12-14-6-4-5-7-17(14)21)22-20(25)16-9-8-15(26-2)11-18(16)27-3/h4-11H,12H2,1-3H3,(H,22,23,25). The lowest BCUT2D eigenvalue weighted by Gasteiger charge is -2.09. The molecule has 1 aromatic heterocycles. The third-order valence-corrected chi connectivity index (χ3v) is 4.15. The molecule has 0 saturated heterocycles. The van der Waals surface area contributed by atoms with Crippen LogP contribution in [0.15, 0.2) is 48.5 Å². The molecule has 140 valence electrons. The van der Waals surface area contributed by atoms with Crippen LogP contribution < -0.4 is 14.8 Å². The average molecular weight is 369 g/mol. The third-order valence-electron chi connectivity index (χ3n) is 4.15. The number of halogens is 1. The molecular formula is C20H20FN3O3. The highest BCUT2D eigenvalue weighted by Gasteiger charge is 2.16. The van der Waals surface area contributed by atoms with Gasteiger partial charge in [0, 0.05) is 23.4 Å². The number of methoxy groups -OCH3 is 2. The quantitative estimate of drug-likeness (QED) is 0.720. The molecule has 27 heavy (non-hydrogen) atoms. The lowest BCUT2D eigenvalue weighted by Crippen LogP contribution is -2.14. The molecule has 3 rings (SSSR count). The number of benzene rings is 2. The van der Waals surface area contributed by atoms with Crippen LogP contribution in [-0.2, 0) is 6.54 Å². The van der Waals surface area contributed by atoms with Crippen molar-refractivity contribution >= 4 is 11.7 Å². The number of ether oxygens (including phenoxy) is 2. The summed E-state index contributed by atoms with van der Waals surface area (Å²) in [5.41, 5.74) is 1.69. The summed E-state index contributed by atoms with van der Waals surface area (Å²) < 4.78 is 25.9. The van der Waals surface area contributed by atoms with Crippen LogP contribution in [0.2, 0.25) is 0 Å². The maximum atomic E-state index is 13.9. The van der Waals surface area contributed by atoms with Crippen LogP contribution in [0.3, 0.4) is 0 Å². The van der Waals surface area contributed by atoms with Gasteiger partial charge in [0.15, 0.2) is 5.82 Å². The molecule has 2 aromatic carbocycles. The van der Waals surface area contributed by atoms with E-state index in [0.717, 1.165) is 5.69 Å². The Morgan fingerprint density at radius 2 is 1.93 bits per heavy atom. The summed E-state index contributed by atoms with van der Waals surface area (Å²) in [5, 5.41) is 7.10.